The van der Waals surface area contributed by atoms with Gasteiger partial charge in [-0.15, -0.1) is 0 Å². The summed E-state index contributed by atoms with van der Waals surface area (Å²) >= 11 is 6.78. The molecule has 1 aromatic rings. The fourth-order valence-corrected chi connectivity index (χ4v) is 4.09. The number of hydrogen-bond acceptors (Lipinski definition) is 2. The first-order valence-corrected chi connectivity index (χ1v) is 9.60. The van der Waals surface area contributed by atoms with Crippen LogP contribution in [0.15, 0.2) is 33.6 Å². The molecule has 0 fully saturated rings. The Hall–Kier alpha value is 0.0900. The standard InChI is InChI=1S/C13H19Br2NO2S/c1-3-13(4-2,9-14)10-16-19(17,18)12-7-5-11(15)6-8-12/h5-8,16H,3-4,9-10H2,1-2H3. The second-order valence-corrected chi connectivity index (χ2v) is 7.86. The minimum Gasteiger partial charge on any atom is -0.211 e. The SMILES string of the molecule is CCC(CC)(CBr)CNS(=O)(=O)c1ccc(Br)cc1. The predicted molar refractivity (Wildman–Crippen MR) is 86.1 cm³/mol. The summed E-state index contributed by atoms with van der Waals surface area (Å²) in [7, 11) is -3.43. The fourth-order valence-electron chi connectivity index (χ4n) is 1.68. The van der Waals surface area contributed by atoms with Gasteiger partial charge >= 0.3 is 0 Å². The molecule has 6 heteroatoms. The maximum Gasteiger partial charge on any atom is 0.240 e. The van der Waals surface area contributed by atoms with Crippen LogP contribution in [0.5, 0.6) is 0 Å². The van der Waals surface area contributed by atoms with Gasteiger partial charge in [-0.3, -0.25) is 0 Å². The normalized spacial score (nSPS) is 12.6. The lowest BCUT2D eigenvalue weighted by Crippen LogP contribution is -2.38. The molecule has 0 aliphatic heterocycles. The van der Waals surface area contributed by atoms with Gasteiger partial charge in [0, 0.05) is 16.3 Å². The van der Waals surface area contributed by atoms with E-state index in [1.54, 1.807) is 24.3 Å². The monoisotopic (exact) mass is 411 g/mol. The molecule has 1 rings (SSSR count). The molecule has 0 aliphatic carbocycles. The summed E-state index contributed by atoms with van der Waals surface area (Å²) in [6.45, 7) is 4.61. The highest BCUT2D eigenvalue weighted by atomic mass is 79.9. The Morgan fingerprint density at radius 3 is 2.11 bits per heavy atom. The van der Waals surface area contributed by atoms with Crippen molar-refractivity contribution in [2.24, 2.45) is 5.41 Å². The van der Waals surface area contributed by atoms with Crippen LogP contribution >= 0.6 is 31.9 Å². The maximum absolute atomic E-state index is 12.2. The Morgan fingerprint density at radius 1 is 1.16 bits per heavy atom. The minimum absolute atomic E-state index is 0.0254. The molecule has 1 N–H and O–H groups in total. The first-order valence-electron chi connectivity index (χ1n) is 6.20. The molecular weight excluding hydrogens is 394 g/mol. The highest BCUT2D eigenvalue weighted by Gasteiger charge is 2.27. The molecule has 0 unspecified atom stereocenters. The Morgan fingerprint density at radius 2 is 1.68 bits per heavy atom. The molecule has 0 radical (unpaired) electrons. The summed E-state index contributed by atoms with van der Waals surface area (Å²) in [4.78, 5) is 0.298. The van der Waals surface area contributed by atoms with E-state index in [2.05, 4.69) is 50.4 Å². The number of sulfonamides is 1. The second kappa shape index (κ2) is 7.20. The first kappa shape index (κ1) is 17.1. The third-order valence-corrected chi connectivity index (χ3v) is 6.68. The Bertz CT molecular complexity index is 488. The maximum atomic E-state index is 12.2. The van der Waals surface area contributed by atoms with Crippen LogP contribution < -0.4 is 4.72 Å². The molecule has 0 bridgehead atoms. The van der Waals surface area contributed by atoms with Crippen LogP contribution in [-0.4, -0.2) is 20.3 Å². The van der Waals surface area contributed by atoms with Gasteiger partial charge in [0.2, 0.25) is 10.0 Å². The van der Waals surface area contributed by atoms with Crippen molar-refractivity contribution in [1.82, 2.24) is 4.72 Å². The van der Waals surface area contributed by atoms with Gasteiger partial charge < -0.3 is 0 Å². The molecule has 1 aromatic carbocycles. The average molecular weight is 413 g/mol. The molecule has 0 aromatic heterocycles. The largest absolute Gasteiger partial charge is 0.240 e. The van der Waals surface area contributed by atoms with E-state index in [0.717, 1.165) is 22.6 Å². The van der Waals surface area contributed by atoms with E-state index >= 15 is 0 Å². The molecule has 19 heavy (non-hydrogen) atoms. The number of nitrogens with one attached hydrogen (secondary N) is 1. The molecule has 0 spiro atoms. The van der Waals surface area contributed by atoms with Gasteiger partial charge in [0.1, 0.15) is 0 Å². The van der Waals surface area contributed by atoms with Crippen LogP contribution in [-0.2, 0) is 10.0 Å². The molecule has 108 valence electrons. The van der Waals surface area contributed by atoms with Gasteiger partial charge in [0.05, 0.1) is 4.90 Å². The first-order chi connectivity index (χ1) is 8.89. The van der Waals surface area contributed by atoms with Crippen molar-refractivity contribution in [2.75, 3.05) is 11.9 Å². The van der Waals surface area contributed by atoms with Crippen molar-refractivity contribution in [1.29, 1.82) is 0 Å². The van der Waals surface area contributed by atoms with E-state index in [-0.39, 0.29) is 5.41 Å². The number of benzene rings is 1. The van der Waals surface area contributed by atoms with Crippen molar-refractivity contribution >= 4 is 41.9 Å². The fraction of sp³-hybridized carbons (Fsp3) is 0.538. The molecular formula is C13H19Br2NO2S. The lowest BCUT2D eigenvalue weighted by molar-refractivity contribution is 0.309. The molecule has 0 saturated carbocycles. The van der Waals surface area contributed by atoms with Gasteiger partial charge in [0.25, 0.3) is 0 Å². The molecule has 0 heterocycles. The van der Waals surface area contributed by atoms with Crippen molar-refractivity contribution in [2.45, 2.75) is 31.6 Å². The lowest BCUT2D eigenvalue weighted by Gasteiger charge is -2.29. The molecule has 0 saturated heterocycles. The van der Waals surface area contributed by atoms with Gasteiger partial charge in [-0.05, 0) is 42.5 Å². The average Bonchev–Trinajstić information content (AvgIpc) is 2.41. The molecule has 0 amide bonds. The summed E-state index contributed by atoms with van der Waals surface area (Å²) < 4.78 is 28.0. The highest BCUT2D eigenvalue weighted by molar-refractivity contribution is 9.10. The summed E-state index contributed by atoms with van der Waals surface area (Å²) in [5, 5.41) is 0.788. The Labute approximate surface area is 132 Å². The molecule has 3 nitrogen and oxygen atoms in total. The van der Waals surface area contributed by atoms with Crippen LogP contribution in [0.1, 0.15) is 26.7 Å². The second-order valence-electron chi connectivity index (χ2n) is 4.62. The van der Waals surface area contributed by atoms with E-state index in [4.69, 9.17) is 0 Å². The van der Waals surface area contributed by atoms with Crippen LogP contribution in [0.25, 0.3) is 0 Å². The van der Waals surface area contributed by atoms with E-state index in [9.17, 15) is 8.42 Å². The van der Waals surface area contributed by atoms with Gasteiger partial charge in [-0.2, -0.15) is 0 Å². The summed E-state index contributed by atoms with van der Waals surface area (Å²) in [6.07, 6.45) is 1.86. The zero-order chi connectivity index (χ0) is 14.5. The quantitative estimate of drug-likeness (QED) is 0.689. The number of alkyl halides is 1. The smallest absolute Gasteiger partial charge is 0.211 e. The topological polar surface area (TPSA) is 46.2 Å². The van der Waals surface area contributed by atoms with Gasteiger partial charge in [-0.25, -0.2) is 13.1 Å². The number of rotatable bonds is 7. The Balaban J connectivity index is 2.83. The van der Waals surface area contributed by atoms with Gasteiger partial charge in [0.15, 0.2) is 0 Å². The third kappa shape index (κ3) is 4.55. The zero-order valence-electron chi connectivity index (χ0n) is 11.1. The molecule has 0 atom stereocenters. The van der Waals surface area contributed by atoms with E-state index in [1.165, 1.54) is 0 Å². The number of halogens is 2. The summed E-state index contributed by atoms with van der Waals surface area (Å²) in [5.74, 6) is 0. The van der Waals surface area contributed by atoms with Crippen LogP contribution in [0.3, 0.4) is 0 Å². The summed E-state index contributed by atoms with van der Waals surface area (Å²) in [6, 6.07) is 6.65. The van der Waals surface area contributed by atoms with E-state index < -0.39 is 10.0 Å². The predicted octanol–water partition coefficient (Wildman–Crippen LogP) is 3.93. The van der Waals surface area contributed by atoms with Crippen molar-refractivity contribution in [3.8, 4) is 0 Å². The van der Waals surface area contributed by atoms with E-state index in [0.29, 0.717) is 11.4 Å². The van der Waals surface area contributed by atoms with E-state index in [1.807, 2.05) is 0 Å². The molecule has 0 aliphatic rings. The van der Waals surface area contributed by atoms with Crippen LogP contribution in [0, 0.1) is 5.41 Å². The van der Waals surface area contributed by atoms with Crippen molar-refractivity contribution in [3.63, 3.8) is 0 Å². The van der Waals surface area contributed by atoms with Crippen molar-refractivity contribution in [3.05, 3.63) is 28.7 Å². The van der Waals surface area contributed by atoms with Crippen molar-refractivity contribution < 1.29 is 8.42 Å². The highest BCUT2D eigenvalue weighted by Crippen LogP contribution is 2.28. The third-order valence-electron chi connectivity index (χ3n) is 3.54. The van der Waals surface area contributed by atoms with Gasteiger partial charge in [-0.1, -0.05) is 45.7 Å². The summed E-state index contributed by atoms with van der Waals surface area (Å²) in [5.41, 5.74) is -0.0254. The van der Waals surface area contributed by atoms with Crippen LogP contribution in [0.4, 0.5) is 0 Å². The van der Waals surface area contributed by atoms with Crippen LogP contribution in [0.2, 0.25) is 0 Å². The minimum atomic E-state index is -3.43. The number of hydrogen-bond donors (Lipinski definition) is 1. The Kier molecular flexibility index (Phi) is 6.50. The zero-order valence-corrected chi connectivity index (χ0v) is 15.1. The lowest BCUT2D eigenvalue weighted by atomic mass is 9.85.